The van der Waals surface area contributed by atoms with Gasteiger partial charge in [0.1, 0.15) is 11.3 Å². The summed E-state index contributed by atoms with van der Waals surface area (Å²) in [6, 6.07) is 10.6. The first kappa shape index (κ1) is 13.7. The Morgan fingerprint density at radius 3 is 2.63 bits per heavy atom. The van der Waals surface area contributed by atoms with Crippen LogP contribution in [0.4, 0.5) is 5.69 Å². The van der Waals surface area contributed by atoms with Gasteiger partial charge in [0.15, 0.2) is 0 Å². The van der Waals surface area contributed by atoms with Crippen LogP contribution in [-0.2, 0) is 0 Å². The van der Waals surface area contributed by atoms with Gasteiger partial charge in [-0.2, -0.15) is 5.26 Å². The van der Waals surface area contributed by atoms with E-state index >= 15 is 0 Å². The molecule has 4 heteroatoms. The van der Waals surface area contributed by atoms with Crippen molar-refractivity contribution in [2.24, 2.45) is 0 Å². The molecule has 1 heterocycles. The number of methoxy groups -OCH3 is 1. The van der Waals surface area contributed by atoms with Crippen LogP contribution in [0, 0.1) is 11.3 Å². The van der Waals surface area contributed by atoms with E-state index in [4.69, 9.17) is 4.74 Å². The molecule has 102 valence electrons. The molecule has 1 aliphatic heterocycles. The molecule has 2 unspecified atom stereocenters. The highest BCUT2D eigenvalue weighted by molar-refractivity contribution is 5.50. The molecular weight excluding hydrogens is 238 g/mol. The molecule has 1 saturated heterocycles. The summed E-state index contributed by atoms with van der Waals surface area (Å²) in [7, 11) is 3.76. The molecule has 1 N–H and O–H groups in total. The van der Waals surface area contributed by atoms with E-state index in [1.165, 1.54) is 0 Å². The molecule has 4 nitrogen and oxygen atoms in total. The molecule has 0 amide bonds. The zero-order chi connectivity index (χ0) is 13.9. The van der Waals surface area contributed by atoms with Crippen LogP contribution in [0.15, 0.2) is 24.3 Å². The summed E-state index contributed by atoms with van der Waals surface area (Å²) < 4.78 is 5.14. The quantitative estimate of drug-likeness (QED) is 0.906. The highest BCUT2D eigenvalue weighted by Gasteiger charge is 2.37. The van der Waals surface area contributed by atoms with Crippen LogP contribution in [0.2, 0.25) is 0 Å². The maximum absolute atomic E-state index is 9.55. The van der Waals surface area contributed by atoms with Gasteiger partial charge >= 0.3 is 0 Å². The molecule has 0 aromatic heterocycles. The molecule has 1 fully saturated rings. The highest BCUT2D eigenvalue weighted by atomic mass is 16.5. The van der Waals surface area contributed by atoms with Gasteiger partial charge in [0.2, 0.25) is 0 Å². The van der Waals surface area contributed by atoms with E-state index in [1.54, 1.807) is 7.11 Å². The fraction of sp³-hybridized carbons (Fsp3) is 0.533. The Bertz CT molecular complexity index is 465. The number of hydrogen-bond donors (Lipinski definition) is 1. The van der Waals surface area contributed by atoms with Gasteiger partial charge in [0.25, 0.3) is 0 Å². The maximum Gasteiger partial charge on any atom is 0.128 e. The second kappa shape index (κ2) is 5.50. The van der Waals surface area contributed by atoms with Crippen molar-refractivity contribution < 1.29 is 4.74 Å². The molecule has 0 radical (unpaired) electrons. The molecule has 0 bridgehead atoms. The Hall–Kier alpha value is -1.73. The summed E-state index contributed by atoms with van der Waals surface area (Å²) in [6.45, 7) is 3.11. The predicted molar refractivity (Wildman–Crippen MR) is 76.3 cm³/mol. The van der Waals surface area contributed by atoms with Crippen molar-refractivity contribution in [3.63, 3.8) is 0 Å². The molecule has 0 saturated carbocycles. The number of nitriles is 1. The van der Waals surface area contributed by atoms with Gasteiger partial charge in [-0.3, -0.25) is 0 Å². The Morgan fingerprint density at radius 1 is 1.42 bits per heavy atom. The summed E-state index contributed by atoms with van der Waals surface area (Å²) >= 11 is 0. The number of benzene rings is 1. The molecule has 2 atom stereocenters. The predicted octanol–water partition coefficient (Wildman–Crippen LogP) is 2.48. The Kier molecular flexibility index (Phi) is 3.96. The lowest BCUT2D eigenvalue weighted by Crippen LogP contribution is -2.51. The minimum Gasteiger partial charge on any atom is -0.497 e. The van der Waals surface area contributed by atoms with Crippen molar-refractivity contribution in [1.29, 1.82) is 5.26 Å². The summed E-state index contributed by atoms with van der Waals surface area (Å²) in [5.74, 6) is 0.827. The number of ether oxygens (including phenoxy) is 1. The second-order valence-corrected chi connectivity index (χ2v) is 5.33. The van der Waals surface area contributed by atoms with Gasteiger partial charge in [-0.1, -0.05) is 0 Å². The number of hydrogen-bond acceptors (Lipinski definition) is 4. The van der Waals surface area contributed by atoms with Crippen LogP contribution in [0.5, 0.6) is 5.75 Å². The van der Waals surface area contributed by atoms with Gasteiger partial charge < -0.3 is 15.0 Å². The average molecular weight is 259 g/mol. The lowest BCUT2D eigenvalue weighted by molar-refractivity contribution is 0.167. The highest BCUT2D eigenvalue weighted by Crippen LogP contribution is 2.30. The number of anilines is 1. The van der Waals surface area contributed by atoms with E-state index in [9.17, 15) is 5.26 Å². The lowest BCUT2D eigenvalue weighted by atomic mass is 9.85. The molecule has 0 aliphatic carbocycles. The van der Waals surface area contributed by atoms with E-state index < -0.39 is 5.54 Å². The topological polar surface area (TPSA) is 48.3 Å². The zero-order valence-electron chi connectivity index (χ0n) is 11.8. The number of likely N-dealkylation sites (tertiary alicyclic amines) is 1. The van der Waals surface area contributed by atoms with Crippen molar-refractivity contribution >= 4 is 5.69 Å². The van der Waals surface area contributed by atoms with E-state index in [0.717, 1.165) is 30.8 Å². The maximum atomic E-state index is 9.55. The van der Waals surface area contributed by atoms with Gasteiger partial charge in [-0.15, -0.1) is 0 Å². The van der Waals surface area contributed by atoms with Crippen LogP contribution < -0.4 is 10.1 Å². The average Bonchev–Trinajstić information content (AvgIpc) is 2.44. The van der Waals surface area contributed by atoms with Crippen LogP contribution in [0.3, 0.4) is 0 Å². The molecule has 0 spiro atoms. The van der Waals surface area contributed by atoms with E-state index in [2.05, 4.69) is 30.3 Å². The minimum atomic E-state index is -0.458. The van der Waals surface area contributed by atoms with Gasteiger partial charge in [0, 0.05) is 18.3 Å². The standard InChI is InChI=1S/C15H21N3O/c1-12-10-15(11-16,8-9-18(12)2)17-13-4-6-14(19-3)7-5-13/h4-7,12,17H,8-10H2,1-3H3. The number of nitrogens with one attached hydrogen (secondary N) is 1. The van der Waals surface area contributed by atoms with Gasteiger partial charge in [0.05, 0.1) is 13.2 Å². The lowest BCUT2D eigenvalue weighted by Gasteiger charge is -2.41. The Morgan fingerprint density at radius 2 is 2.11 bits per heavy atom. The van der Waals surface area contributed by atoms with Crippen LogP contribution in [-0.4, -0.2) is 37.2 Å². The van der Waals surface area contributed by atoms with Crippen molar-refractivity contribution in [2.75, 3.05) is 26.0 Å². The van der Waals surface area contributed by atoms with Crippen LogP contribution >= 0.6 is 0 Å². The third kappa shape index (κ3) is 2.99. The third-order valence-electron chi connectivity index (χ3n) is 3.98. The van der Waals surface area contributed by atoms with Crippen LogP contribution in [0.25, 0.3) is 0 Å². The molecule has 1 aromatic carbocycles. The fourth-order valence-electron chi connectivity index (χ4n) is 2.54. The van der Waals surface area contributed by atoms with Gasteiger partial charge in [-0.05, 0) is 51.1 Å². The summed E-state index contributed by atoms with van der Waals surface area (Å²) in [5.41, 5.74) is 0.514. The van der Waals surface area contributed by atoms with Gasteiger partial charge in [-0.25, -0.2) is 0 Å². The van der Waals surface area contributed by atoms with E-state index in [-0.39, 0.29) is 0 Å². The number of nitrogens with zero attached hydrogens (tertiary/aromatic N) is 2. The summed E-state index contributed by atoms with van der Waals surface area (Å²) in [6.07, 6.45) is 1.68. The SMILES string of the molecule is COc1ccc(NC2(C#N)CCN(C)C(C)C2)cc1. The molecule has 1 aromatic rings. The first-order valence-corrected chi connectivity index (χ1v) is 6.62. The first-order valence-electron chi connectivity index (χ1n) is 6.62. The van der Waals surface area contributed by atoms with Crippen molar-refractivity contribution in [3.8, 4) is 11.8 Å². The monoisotopic (exact) mass is 259 g/mol. The zero-order valence-corrected chi connectivity index (χ0v) is 11.8. The van der Waals surface area contributed by atoms with Crippen molar-refractivity contribution in [3.05, 3.63) is 24.3 Å². The minimum absolute atomic E-state index is 0.416. The summed E-state index contributed by atoms with van der Waals surface area (Å²) in [5, 5.41) is 13.0. The van der Waals surface area contributed by atoms with Crippen molar-refractivity contribution in [1.82, 2.24) is 4.90 Å². The molecule has 2 rings (SSSR count). The van der Waals surface area contributed by atoms with E-state index in [0.29, 0.717) is 6.04 Å². The number of rotatable bonds is 3. The fourth-order valence-corrected chi connectivity index (χ4v) is 2.54. The first-order chi connectivity index (χ1) is 9.08. The summed E-state index contributed by atoms with van der Waals surface area (Å²) in [4.78, 5) is 2.30. The van der Waals surface area contributed by atoms with E-state index in [1.807, 2.05) is 24.3 Å². The van der Waals surface area contributed by atoms with Crippen molar-refractivity contribution in [2.45, 2.75) is 31.3 Å². The van der Waals surface area contributed by atoms with Crippen LogP contribution in [0.1, 0.15) is 19.8 Å². The Balaban J connectivity index is 2.12. The normalized spacial score (nSPS) is 27.6. The smallest absolute Gasteiger partial charge is 0.128 e. The number of piperidine rings is 1. The second-order valence-electron chi connectivity index (χ2n) is 5.33. The Labute approximate surface area is 115 Å². The molecule has 1 aliphatic rings. The third-order valence-corrected chi connectivity index (χ3v) is 3.98. The molecular formula is C15H21N3O. The largest absolute Gasteiger partial charge is 0.497 e. The molecule has 19 heavy (non-hydrogen) atoms.